The first-order chi connectivity index (χ1) is 7.57. The third kappa shape index (κ3) is 1.80. The second-order valence-electron chi connectivity index (χ2n) is 4.86. The number of nitrogens with one attached hydrogen (secondary N) is 2. The van der Waals surface area contributed by atoms with E-state index in [9.17, 15) is 4.79 Å². The van der Waals surface area contributed by atoms with Crippen molar-refractivity contribution in [3.8, 4) is 0 Å². The average Bonchev–Trinajstić information content (AvgIpc) is 2.57. The van der Waals surface area contributed by atoms with Crippen molar-refractivity contribution in [2.24, 2.45) is 4.99 Å². The number of nitrogens with zero attached hydrogens (tertiary/aromatic N) is 2. The molecule has 90 valence electrons. The monoisotopic (exact) mass is 224 g/mol. The fourth-order valence-electron chi connectivity index (χ4n) is 2.43. The van der Waals surface area contributed by atoms with Crippen molar-refractivity contribution in [2.45, 2.75) is 38.3 Å². The van der Waals surface area contributed by atoms with Gasteiger partial charge in [0, 0.05) is 26.2 Å². The summed E-state index contributed by atoms with van der Waals surface area (Å²) in [5, 5.41) is 6.02. The standard InChI is InChI=1S/C11H20N4O/c1-8(2)15-6-4-11(5-7-15)9(16)13-10(12-3)14-11/h8H,4-7H2,1-3H3,(H2,12,13,14,16). The number of hydrogen-bond acceptors (Lipinski definition) is 3. The van der Waals surface area contributed by atoms with E-state index in [1.807, 2.05) is 0 Å². The van der Waals surface area contributed by atoms with Crippen LogP contribution in [0, 0.1) is 0 Å². The summed E-state index contributed by atoms with van der Waals surface area (Å²) < 4.78 is 0. The molecule has 1 spiro atoms. The Bertz CT molecular complexity index is 316. The Morgan fingerprint density at radius 2 is 2.00 bits per heavy atom. The summed E-state index contributed by atoms with van der Waals surface area (Å²) in [6.45, 7) is 6.32. The predicted octanol–water partition coefficient (Wildman–Crippen LogP) is -0.0654. The van der Waals surface area contributed by atoms with E-state index in [0.717, 1.165) is 25.9 Å². The molecule has 0 bridgehead atoms. The summed E-state index contributed by atoms with van der Waals surface area (Å²) in [5.41, 5.74) is -0.403. The molecule has 2 heterocycles. The quantitative estimate of drug-likeness (QED) is 0.656. The Hall–Kier alpha value is -1.10. The van der Waals surface area contributed by atoms with E-state index >= 15 is 0 Å². The highest BCUT2D eigenvalue weighted by Gasteiger charge is 2.46. The summed E-state index contributed by atoms with van der Waals surface area (Å²) in [6, 6.07) is 0.557. The fourth-order valence-corrected chi connectivity index (χ4v) is 2.43. The molecule has 2 saturated heterocycles. The van der Waals surface area contributed by atoms with Gasteiger partial charge in [0.15, 0.2) is 5.96 Å². The van der Waals surface area contributed by atoms with Crippen LogP contribution in [0.2, 0.25) is 0 Å². The van der Waals surface area contributed by atoms with Crippen LogP contribution in [0.25, 0.3) is 0 Å². The fraction of sp³-hybridized carbons (Fsp3) is 0.818. The number of aliphatic imine (C=N–C) groups is 1. The topological polar surface area (TPSA) is 56.7 Å². The Morgan fingerprint density at radius 3 is 2.44 bits per heavy atom. The zero-order valence-electron chi connectivity index (χ0n) is 10.2. The molecular formula is C11H20N4O. The highest BCUT2D eigenvalue weighted by atomic mass is 16.2. The number of guanidine groups is 1. The molecule has 0 unspecified atom stereocenters. The molecule has 0 aromatic carbocycles. The summed E-state index contributed by atoms with van der Waals surface area (Å²) in [4.78, 5) is 18.3. The van der Waals surface area contributed by atoms with Gasteiger partial charge in [-0.1, -0.05) is 0 Å². The molecule has 0 atom stereocenters. The Labute approximate surface area is 96.3 Å². The van der Waals surface area contributed by atoms with Crippen LogP contribution in [-0.4, -0.2) is 48.5 Å². The first kappa shape index (κ1) is 11.4. The third-order valence-electron chi connectivity index (χ3n) is 3.63. The summed E-state index contributed by atoms with van der Waals surface area (Å²) in [5.74, 6) is 0.694. The van der Waals surface area contributed by atoms with E-state index in [2.05, 4.69) is 34.4 Å². The van der Waals surface area contributed by atoms with Crippen molar-refractivity contribution >= 4 is 11.9 Å². The molecule has 2 rings (SSSR count). The van der Waals surface area contributed by atoms with Gasteiger partial charge in [0.2, 0.25) is 0 Å². The molecule has 1 amide bonds. The van der Waals surface area contributed by atoms with Crippen LogP contribution in [0.15, 0.2) is 4.99 Å². The lowest BCUT2D eigenvalue weighted by Gasteiger charge is -2.39. The molecule has 16 heavy (non-hydrogen) atoms. The number of amides is 1. The lowest BCUT2D eigenvalue weighted by Crippen LogP contribution is -2.55. The molecule has 0 aromatic heterocycles. The molecule has 0 saturated carbocycles. The highest BCUT2D eigenvalue weighted by molar-refractivity contribution is 6.09. The van der Waals surface area contributed by atoms with Gasteiger partial charge in [-0.25, -0.2) is 0 Å². The molecule has 2 aliphatic rings. The summed E-state index contributed by atoms with van der Waals surface area (Å²) in [6.07, 6.45) is 1.71. The Kier molecular flexibility index (Phi) is 2.88. The van der Waals surface area contributed by atoms with Crippen LogP contribution in [0.5, 0.6) is 0 Å². The molecule has 2 fully saturated rings. The number of piperidine rings is 1. The number of hydrogen-bond donors (Lipinski definition) is 2. The van der Waals surface area contributed by atoms with Crippen molar-refractivity contribution < 1.29 is 4.79 Å². The highest BCUT2D eigenvalue weighted by Crippen LogP contribution is 2.26. The van der Waals surface area contributed by atoms with E-state index in [0.29, 0.717) is 12.0 Å². The molecule has 0 radical (unpaired) electrons. The zero-order chi connectivity index (χ0) is 11.8. The van der Waals surface area contributed by atoms with Crippen LogP contribution >= 0.6 is 0 Å². The minimum absolute atomic E-state index is 0.0801. The molecule has 0 aliphatic carbocycles. The van der Waals surface area contributed by atoms with Crippen LogP contribution in [0.1, 0.15) is 26.7 Å². The van der Waals surface area contributed by atoms with Gasteiger partial charge < -0.3 is 10.2 Å². The van der Waals surface area contributed by atoms with Crippen molar-refractivity contribution in [1.29, 1.82) is 0 Å². The van der Waals surface area contributed by atoms with Gasteiger partial charge in [0.05, 0.1) is 0 Å². The van der Waals surface area contributed by atoms with Crippen LogP contribution < -0.4 is 10.6 Å². The minimum atomic E-state index is -0.403. The van der Waals surface area contributed by atoms with Gasteiger partial charge in [0.25, 0.3) is 5.91 Å². The Balaban J connectivity index is 2.05. The van der Waals surface area contributed by atoms with Gasteiger partial charge in [-0.15, -0.1) is 0 Å². The lowest BCUT2D eigenvalue weighted by atomic mass is 9.87. The second kappa shape index (κ2) is 4.05. The van der Waals surface area contributed by atoms with Gasteiger partial charge in [0.1, 0.15) is 5.54 Å². The minimum Gasteiger partial charge on any atom is -0.342 e. The maximum absolute atomic E-state index is 11.9. The number of rotatable bonds is 1. The SMILES string of the molecule is CN=C1NC(=O)C2(CCN(C(C)C)CC2)N1. The third-order valence-corrected chi connectivity index (χ3v) is 3.63. The maximum atomic E-state index is 11.9. The number of carbonyl (C=O) groups excluding carboxylic acids is 1. The molecule has 2 aliphatic heterocycles. The van der Waals surface area contributed by atoms with Crippen molar-refractivity contribution in [1.82, 2.24) is 15.5 Å². The van der Waals surface area contributed by atoms with E-state index in [1.165, 1.54) is 0 Å². The first-order valence-corrected chi connectivity index (χ1v) is 5.88. The number of likely N-dealkylation sites (tertiary alicyclic amines) is 1. The van der Waals surface area contributed by atoms with E-state index in [1.54, 1.807) is 7.05 Å². The molecule has 5 nitrogen and oxygen atoms in total. The van der Waals surface area contributed by atoms with Crippen molar-refractivity contribution in [3.05, 3.63) is 0 Å². The van der Waals surface area contributed by atoms with Gasteiger partial charge in [-0.05, 0) is 26.7 Å². The second-order valence-corrected chi connectivity index (χ2v) is 4.86. The van der Waals surface area contributed by atoms with Crippen LogP contribution in [-0.2, 0) is 4.79 Å². The van der Waals surface area contributed by atoms with Gasteiger partial charge >= 0.3 is 0 Å². The number of carbonyl (C=O) groups is 1. The summed E-state index contributed by atoms with van der Waals surface area (Å²) in [7, 11) is 1.69. The van der Waals surface area contributed by atoms with Crippen molar-refractivity contribution in [3.63, 3.8) is 0 Å². The van der Waals surface area contributed by atoms with E-state index < -0.39 is 5.54 Å². The van der Waals surface area contributed by atoms with E-state index in [-0.39, 0.29) is 5.91 Å². The molecule has 5 heteroatoms. The predicted molar refractivity (Wildman–Crippen MR) is 63.3 cm³/mol. The van der Waals surface area contributed by atoms with Crippen LogP contribution in [0.3, 0.4) is 0 Å². The molecule has 2 N–H and O–H groups in total. The normalized spacial score (nSPS) is 27.5. The molecular weight excluding hydrogens is 204 g/mol. The molecule has 0 aromatic rings. The largest absolute Gasteiger partial charge is 0.342 e. The van der Waals surface area contributed by atoms with E-state index in [4.69, 9.17) is 0 Å². The summed E-state index contributed by atoms with van der Waals surface area (Å²) >= 11 is 0. The smallest absolute Gasteiger partial charge is 0.252 e. The van der Waals surface area contributed by atoms with Crippen molar-refractivity contribution in [2.75, 3.05) is 20.1 Å². The van der Waals surface area contributed by atoms with Gasteiger partial charge in [-0.2, -0.15) is 0 Å². The maximum Gasteiger partial charge on any atom is 0.252 e. The zero-order valence-corrected chi connectivity index (χ0v) is 10.2. The van der Waals surface area contributed by atoms with Crippen LogP contribution in [0.4, 0.5) is 0 Å². The first-order valence-electron chi connectivity index (χ1n) is 5.88. The Morgan fingerprint density at radius 1 is 1.38 bits per heavy atom. The average molecular weight is 224 g/mol. The van der Waals surface area contributed by atoms with Gasteiger partial charge in [-0.3, -0.25) is 15.1 Å². The lowest BCUT2D eigenvalue weighted by molar-refractivity contribution is -0.125.